The van der Waals surface area contributed by atoms with E-state index in [2.05, 4.69) is 301 Å². The number of hydrogen-bond acceptors (Lipinski definition) is 1. The molecule has 1 heterocycles. The Morgan fingerprint density at radius 3 is 1.27 bits per heavy atom. The van der Waals surface area contributed by atoms with Crippen LogP contribution < -0.4 is 4.90 Å². The molecule has 0 radical (unpaired) electrons. The molecule has 1 aromatic heterocycles. The molecule has 0 spiro atoms. The fourth-order valence-electron chi connectivity index (χ4n) is 10.9. The van der Waals surface area contributed by atoms with Gasteiger partial charge >= 0.3 is 0 Å². The molecule has 0 atom stereocenters. The maximum atomic E-state index is 2.45. The predicted octanol–water partition coefficient (Wildman–Crippen LogP) is 19.3. The summed E-state index contributed by atoms with van der Waals surface area (Å²) in [5, 5.41) is 4.97. The molecule has 73 heavy (non-hydrogen) atoms. The van der Waals surface area contributed by atoms with Crippen LogP contribution in [0.2, 0.25) is 0 Å². The molecule has 2 heteroatoms. The minimum absolute atomic E-state index is 0.671. The lowest BCUT2D eigenvalue weighted by Gasteiger charge is -2.27. The highest BCUT2D eigenvalue weighted by atomic mass is 15.1. The summed E-state index contributed by atoms with van der Waals surface area (Å²) in [4.78, 5) is 2.45. The van der Waals surface area contributed by atoms with Crippen LogP contribution in [-0.4, -0.2) is 4.57 Å². The Bertz CT molecular complexity index is 3930. The largest absolute Gasteiger partial charge is 0.337 e. The molecule has 0 aliphatic rings. The predicted molar refractivity (Wildman–Crippen MR) is 310 cm³/mol. The number of nitrogens with zero attached hydrogens (tertiary/aromatic N) is 2. The van der Waals surface area contributed by atoms with Gasteiger partial charge in [0.05, 0.1) is 16.7 Å². The number of rotatable bonds is 11. The Hall–Kier alpha value is -9.50. The summed E-state index contributed by atoms with van der Waals surface area (Å²) in [6.07, 6.45) is 0. The molecule has 344 valence electrons. The van der Waals surface area contributed by atoms with Crippen molar-refractivity contribution in [2.75, 3.05) is 4.90 Å². The average molecular weight is 931 g/mol. The van der Waals surface area contributed by atoms with E-state index in [0.29, 0.717) is 6.54 Å². The lowest BCUT2D eigenvalue weighted by atomic mass is 9.93. The molecular weight excluding hydrogens is 881 g/mol. The SMILES string of the molecule is c1ccc(-c2ccc(-c3ccc(N(Cc4ccccc4-c4cccc(-c5cccc6c5c5ccccc5n6-c5cccc6ccccc56)c4)c4ccc(-c5ccc(-c6ccccc6)cc5)cc4)cc3)cc2)cc1. The number of anilines is 2. The van der Waals surface area contributed by atoms with Gasteiger partial charge in [-0.15, -0.1) is 0 Å². The maximum Gasteiger partial charge on any atom is 0.0547 e. The summed E-state index contributed by atoms with van der Waals surface area (Å²) < 4.78 is 2.45. The summed E-state index contributed by atoms with van der Waals surface area (Å²) in [7, 11) is 0. The van der Waals surface area contributed by atoms with Crippen LogP contribution in [0.3, 0.4) is 0 Å². The zero-order valence-corrected chi connectivity index (χ0v) is 40.3. The summed E-state index contributed by atoms with van der Waals surface area (Å²) >= 11 is 0. The van der Waals surface area contributed by atoms with Gasteiger partial charge < -0.3 is 9.47 Å². The van der Waals surface area contributed by atoms with Gasteiger partial charge in [-0.1, -0.05) is 243 Å². The van der Waals surface area contributed by atoms with E-state index in [1.54, 1.807) is 0 Å². The molecule has 13 rings (SSSR count). The van der Waals surface area contributed by atoms with Gasteiger partial charge in [0.1, 0.15) is 0 Å². The van der Waals surface area contributed by atoms with E-state index < -0.39 is 0 Å². The second kappa shape index (κ2) is 19.0. The molecule has 13 aromatic rings. The van der Waals surface area contributed by atoms with Crippen molar-refractivity contribution >= 4 is 44.0 Å². The van der Waals surface area contributed by atoms with Gasteiger partial charge in [-0.25, -0.2) is 0 Å². The molecule has 0 aliphatic carbocycles. The molecule has 0 amide bonds. The van der Waals surface area contributed by atoms with Gasteiger partial charge in [0, 0.05) is 34.1 Å². The van der Waals surface area contributed by atoms with Crippen LogP contribution >= 0.6 is 0 Å². The number of benzene rings is 12. The fraction of sp³-hybridized carbons (Fsp3) is 0.0141. The van der Waals surface area contributed by atoms with Crippen molar-refractivity contribution in [2.24, 2.45) is 0 Å². The molecule has 0 bridgehead atoms. The minimum atomic E-state index is 0.671. The zero-order valence-electron chi connectivity index (χ0n) is 40.3. The summed E-state index contributed by atoms with van der Waals surface area (Å²) in [5.41, 5.74) is 21.5. The summed E-state index contributed by atoms with van der Waals surface area (Å²) in [6.45, 7) is 0.671. The van der Waals surface area contributed by atoms with E-state index in [1.165, 1.54) is 111 Å². The van der Waals surface area contributed by atoms with Crippen molar-refractivity contribution < 1.29 is 0 Å². The molecule has 12 aromatic carbocycles. The third-order valence-electron chi connectivity index (χ3n) is 14.5. The van der Waals surface area contributed by atoms with Crippen LogP contribution in [0, 0.1) is 0 Å². The van der Waals surface area contributed by atoms with Crippen LogP contribution in [0.1, 0.15) is 5.56 Å². The van der Waals surface area contributed by atoms with Gasteiger partial charge in [0.15, 0.2) is 0 Å². The first-order chi connectivity index (χ1) is 36.2. The molecule has 0 saturated carbocycles. The van der Waals surface area contributed by atoms with Gasteiger partial charge in [0.2, 0.25) is 0 Å². The second-order valence-electron chi connectivity index (χ2n) is 18.9. The number of hydrogen-bond donors (Lipinski definition) is 0. The van der Waals surface area contributed by atoms with E-state index in [9.17, 15) is 0 Å². The molecule has 0 N–H and O–H groups in total. The molecular formula is C71H50N2. The normalized spacial score (nSPS) is 11.3. The maximum absolute atomic E-state index is 2.45. The highest BCUT2D eigenvalue weighted by Crippen LogP contribution is 2.42. The first kappa shape index (κ1) is 43.5. The Morgan fingerprint density at radius 1 is 0.274 bits per heavy atom. The van der Waals surface area contributed by atoms with Crippen molar-refractivity contribution in [1.82, 2.24) is 4.57 Å². The number of para-hydroxylation sites is 1. The molecule has 0 aliphatic heterocycles. The van der Waals surface area contributed by atoms with Crippen LogP contribution in [0.15, 0.2) is 291 Å². The van der Waals surface area contributed by atoms with Gasteiger partial charge in [-0.3, -0.25) is 0 Å². The lowest BCUT2D eigenvalue weighted by molar-refractivity contribution is 0.977. The minimum Gasteiger partial charge on any atom is -0.337 e. The van der Waals surface area contributed by atoms with Crippen molar-refractivity contribution in [3.63, 3.8) is 0 Å². The first-order valence-corrected chi connectivity index (χ1v) is 25.2. The second-order valence-corrected chi connectivity index (χ2v) is 18.9. The Labute approximate surface area is 427 Å². The van der Waals surface area contributed by atoms with E-state index in [4.69, 9.17) is 0 Å². The molecule has 0 saturated heterocycles. The van der Waals surface area contributed by atoms with Crippen molar-refractivity contribution in [3.05, 3.63) is 297 Å². The highest BCUT2D eigenvalue weighted by molar-refractivity contribution is 6.16. The molecule has 0 unspecified atom stereocenters. The third kappa shape index (κ3) is 8.35. The van der Waals surface area contributed by atoms with E-state index >= 15 is 0 Å². The smallest absolute Gasteiger partial charge is 0.0547 e. The third-order valence-corrected chi connectivity index (χ3v) is 14.5. The first-order valence-electron chi connectivity index (χ1n) is 25.2. The van der Waals surface area contributed by atoms with Crippen molar-refractivity contribution in [2.45, 2.75) is 6.54 Å². The van der Waals surface area contributed by atoms with Crippen molar-refractivity contribution in [3.8, 4) is 72.4 Å². The molecule has 2 nitrogen and oxygen atoms in total. The summed E-state index contributed by atoms with van der Waals surface area (Å²) in [6, 6.07) is 106. The van der Waals surface area contributed by atoms with Crippen molar-refractivity contribution in [1.29, 1.82) is 0 Å². The lowest BCUT2D eigenvalue weighted by Crippen LogP contribution is -2.17. The van der Waals surface area contributed by atoms with Gasteiger partial charge in [-0.05, 0) is 126 Å². The van der Waals surface area contributed by atoms with E-state index in [1.807, 2.05) is 0 Å². The summed E-state index contributed by atoms with van der Waals surface area (Å²) in [5.74, 6) is 0. The average Bonchev–Trinajstić information content (AvgIpc) is 3.82. The number of fused-ring (bicyclic) bond motifs is 4. The monoisotopic (exact) mass is 930 g/mol. The number of aromatic nitrogens is 1. The van der Waals surface area contributed by atoms with E-state index in [0.717, 1.165) is 11.4 Å². The fourth-order valence-corrected chi connectivity index (χ4v) is 10.9. The van der Waals surface area contributed by atoms with Gasteiger partial charge in [-0.2, -0.15) is 0 Å². The molecule has 0 fully saturated rings. The Morgan fingerprint density at radius 2 is 0.671 bits per heavy atom. The van der Waals surface area contributed by atoms with Crippen LogP contribution in [0.25, 0.3) is 105 Å². The van der Waals surface area contributed by atoms with Crippen LogP contribution in [-0.2, 0) is 6.54 Å². The Kier molecular flexibility index (Phi) is 11.3. The van der Waals surface area contributed by atoms with Crippen LogP contribution in [0.5, 0.6) is 0 Å². The standard InChI is InChI=1S/C71H50N2/c1-3-16-50(17-4-1)52-32-36-54(37-33-52)56-40-44-62(45-41-56)72(63-46-42-57(43-47-63)55-38-34-53(35-39-55)51-18-5-2-6-19-51)49-61-21-8-9-25-64(61)59-23-13-24-60(48-59)66-28-15-31-70-71(66)67-27-11-12-29-69(67)73(70)68-30-14-22-58-20-7-10-26-65(58)68/h1-48H,49H2. The Balaban J connectivity index is 0.867. The van der Waals surface area contributed by atoms with E-state index in [-0.39, 0.29) is 0 Å². The van der Waals surface area contributed by atoms with Gasteiger partial charge in [0.25, 0.3) is 0 Å². The highest BCUT2D eigenvalue weighted by Gasteiger charge is 2.19. The topological polar surface area (TPSA) is 8.17 Å². The zero-order chi connectivity index (χ0) is 48.5. The quantitative estimate of drug-likeness (QED) is 0.125. The van der Waals surface area contributed by atoms with Crippen LogP contribution in [0.4, 0.5) is 11.4 Å².